The number of fused-ring (bicyclic) bond motifs is 1. The predicted octanol–water partition coefficient (Wildman–Crippen LogP) is 1.51. The lowest BCUT2D eigenvalue weighted by Gasteiger charge is -2.25. The van der Waals surface area contributed by atoms with Crippen molar-refractivity contribution in [1.29, 1.82) is 0 Å². The molecule has 0 atom stereocenters. The van der Waals surface area contributed by atoms with Gasteiger partial charge in [0.15, 0.2) is 5.65 Å². The highest BCUT2D eigenvalue weighted by atomic mass is 32.1. The number of rotatable bonds is 3. The number of thiophene rings is 1. The van der Waals surface area contributed by atoms with Gasteiger partial charge in [-0.05, 0) is 12.1 Å². The van der Waals surface area contributed by atoms with Gasteiger partial charge < -0.3 is 10.5 Å². The monoisotopic (exact) mass is 330 g/mol. The van der Waals surface area contributed by atoms with Crippen molar-refractivity contribution in [2.75, 3.05) is 32.0 Å². The van der Waals surface area contributed by atoms with Gasteiger partial charge in [-0.2, -0.15) is 5.10 Å². The Morgan fingerprint density at radius 3 is 2.91 bits per heavy atom. The molecule has 23 heavy (non-hydrogen) atoms. The second-order valence-electron chi connectivity index (χ2n) is 5.58. The maximum absolute atomic E-state index is 6.04. The summed E-state index contributed by atoms with van der Waals surface area (Å²) in [7, 11) is 1.88. The fourth-order valence-electron chi connectivity index (χ4n) is 2.85. The van der Waals surface area contributed by atoms with Crippen molar-refractivity contribution in [3.05, 3.63) is 23.3 Å². The molecule has 0 amide bonds. The van der Waals surface area contributed by atoms with Crippen molar-refractivity contribution < 1.29 is 4.74 Å². The summed E-state index contributed by atoms with van der Waals surface area (Å²) in [5, 5.41) is 5.42. The number of ether oxygens (including phenoxy) is 1. The van der Waals surface area contributed by atoms with Gasteiger partial charge in [0.2, 0.25) is 0 Å². The minimum absolute atomic E-state index is 0.473. The molecule has 120 valence electrons. The first-order valence-corrected chi connectivity index (χ1v) is 8.36. The number of hydrogen-bond acceptors (Lipinski definition) is 7. The van der Waals surface area contributed by atoms with Gasteiger partial charge in [0, 0.05) is 31.6 Å². The molecule has 1 saturated heterocycles. The third kappa shape index (κ3) is 2.69. The van der Waals surface area contributed by atoms with Crippen molar-refractivity contribution >= 4 is 28.2 Å². The molecule has 0 spiro atoms. The summed E-state index contributed by atoms with van der Waals surface area (Å²) >= 11 is 1.75. The van der Waals surface area contributed by atoms with Crippen LogP contribution in [0, 0.1) is 0 Å². The van der Waals surface area contributed by atoms with Crippen LogP contribution in [0.15, 0.2) is 18.5 Å². The van der Waals surface area contributed by atoms with E-state index in [0.717, 1.165) is 54.5 Å². The van der Waals surface area contributed by atoms with E-state index in [4.69, 9.17) is 10.5 Å². The zero-order valence-electron chi connectivity index (χ0n) is 12.9. The second-order valence-corrected chi connectivity index (χ2v) is 6.75. The first-order chi connectivity index (χ1) is 11.2. The average molecular weight is 330 g/mol. The SMILES string of the molecule is Cn1nc(-c2ccc(CN3CCOCC3)s2)c2c(N)ncnc21. The van der Waals surface area contributed by atoms with E-state index in [-0.39, 0.29) is 0 Å². The van der Waals surface area contributed by atoms with Crippen molar-refractivity contribution in [3.63, 3.8) is 0 Å². The predicted molar refractivity (Wildman–Crippen MR) is 90.1 cm³/mol. The lowest BCUT2D eigenvalue weighted by Crippen LogP contribution is -2.35. The van der Waals surface area contributed by atoms with Crippen LogP contribution < -0.4 is 5.73 Å². The molecule has 4 rings (SSSR count). The van der Waals surface area contributed by atoms with Gasteiger partial charge in [-0.3, -0.25) is 4.90 Å². The molecule has 1 aliphatic rings. The standard InChI is InChI=1S/C15H18N6OS/c1-20-15-12(14(16)17-9-18-15)13(19-20)11-3-2-10(23-11)8-21-4-6-22-7-5-21/h2-3,9H,4-8H2,1H3,(H2,16,17,18). The number of aromatic nitrogens is 4. The normalized spacial score (nSPS) is 16.2. The average Bonchev–Trinajstić information content (AvgIpc) is 3.14. The van der Waals surface area contributed by atoms with E-state index in [1.807, 2.05) is 7.05 Å². The Bertz CT molecular complexity index is 836. The van der Waals surface area contributed by atoms with Crippen molar-refractivity contribution in [2.45, 2.75) is 6.54 Å². The third-order valence-electron chi connectivity index (χ3n) is 4.03. The molecule has 3 aromatic heterocycles. The smallest absolute Gasteiger partial charge is 0.163 e. The molecule has 2 N–H and O–H groups in total. The lowest BCUT2D eigenvalue weighted by atomic mass is 10.2. The zero-order chi connectivity index (χ0) is 15.8. The highest BCUT2D eigenvalue weighted by Crippen LogP contribution is 2.34. The summed E-state index contributed by atoms with van der Waals surface area (Å²) in [5.74, 6) is 0.473. The Morgan fingerprint density at radius 2 is 2.09 bits per heavy atom. The minimum atomic E-state index is 0.473. The summed E-state index contributed by atoms with van der Waals surface area (Å²) in [6, 6.07) is 4.27. The Kier molecular flexibility index (Phi) is 3.72. The molecule has 3 aromatic rings. The summed E-state index contributed by atoms with van der Waals surface area (Å²) in [4.78, 5) is 13.2. The number of anilines is 1. The van der Waals surface area contributed by atoms with Crippen LogP contribution in [0.5, 0.6) is 0 Å². The molecule has 0 saturated carbocycles. The van der Waals surface area contributed by atoms with Gasteiger partial charge in [0.25, 0.3) is 0 Å². The number of hydrogen-bond donors (Lipinski definition) is 1. The van der Waals surface area contributed by atoms with Gasteiger partial charge in [-0.15, -0.1) is 11.3 Å². The van der Waals surface area contributed by atoms with Gasteiger partial charge >= 0.3 is 0 Å². The Hall–Kier alpha value is -2.03. The highest BCUT2D eigenvalue weighted by molar-refractivity contribution is 7.15. The number of aryl methyl sites for hydroxylation is 1. The fraction of sp³-hybridized carbons (Fsp3) is 0.400. The fourth-order valence-corrected chi connectivity index (χ4v) is 3.89. The summed E-state index contributed by atoms with van der Waals surface area (Å²) in [6.07, 6.45) is 1.47. The largest absolute Gasteiger partial charge is 0.383 e. The molecule has 0 unspecified atom stereocenters. The van der Waals surface area contributed by atoms with Crippen molar-refractivity contribution in [2.24, 2.45) is 7.05 Å². The van der Waals surface area contributed by atoms with E-state index in [1.165, 1.54) is 11.2 Å². The maximum Gasteiger partial charge on any atom is 0.163 e. The quantitative estimate of drug-likeness (QED) is 0.784. The zero-order valence-corrected chi connectivity index (χ0v) is 13.7. The molecular weight excluding hydrogens is 312 g/mol. The first kappa shape index (κ1) is 14.6. The number of morpholine rings is 1. The van der Waals surface area contributed by atoms with E-state index < -0.39 is 0 Å². The van der Waals surface area contributed by atoms with Crippen LogP contribution in [0.3, 0.4) is 0 Å². The van der Waals surface area contributed by atoms with E-state index in [2.05, 4.69) is 32.1 Å². The molecule has 0 bridgehead atoms. The van der Waals surface area contributed by atoms with E-state index in [1.54, 1.807) is 16.0 Å². The van der Waals surface area contributed by atoms with Crippen LogP contribution in [0.4, 0.5) is 5.82 Å². The lowest BCUT2D eigenvalue weighted by molar-refractivity contribution is 0.0346. The molecular formula is C15H18N6OS. The Labute approximate surface area is 137 Å². The molecule has 4 heterocycles. The first-order valence-electron chi connectivity index (χ1n) is 7.55. The topological polar surface area (TPSA) is 82.1 Å². The van der Waals surface area contributed by atoms with Crippen molar-refractivity contribution in [3.8, 4) is 10.6 Å². The minimum Gasteiger partial charge on any atom is -0.383 e. The molecule has 0 aromatic carbocycles. The number of nitrogen functional groups attached to an aromatic ring is 1. The molecule has 0 radical (unpaired) electrons. The number of nitrogens with two attached hydrogens (primary N) is 1. The Morgan fingerprint density at radius 1 is 1.26 bits per heavy atom. The maximum atomic E-state index is 6.04. The molecule has 8 heteroatoms. The second kappa shape index (κ2) is 5.88. The van der Waals surface area contributed by atoms with Crippen LogP contribution in [0.25, 0.3) is 21.6 Å². The van der Waals surface area contributed by atoms with E-state index in [0.29, 0.717) is 5.82 Å². The van der Waals surface area contributed by atoms with E-state index in [9.17, 15) is 0 Å². The summed E-state index contributed by atoms with van der Waals surface area (Å²) in [6.45, 7) is 4.56. The summed E-state index contributed by atoms with van der Waals surface area (Å²) in [5.41, 5.74) is 7.66. The van der Waals surface area contributed by atoms with Crippen LogP contribution >= 0.6 is 11.3 Å². The number of nitrogens with zero attached hydrogens (tertiary/aromatic N) is 5. The molecule has 7 nitrogen and oxygen atoms in total. The van der Waals surface area contributed by atoms with Crippen molar-refractivity contribution in [1.82, 2.24) is 24.6 Å². The summed E-state index contributed by atoms with van der Waals surface area (Å²) < 4.78 is 7.15. The molecule has 1 aliphatic heterocycles. The van der Waals surface area contributed by atoms with Gasteiger partial charge in [0.05, 0.1) is 23.5 Å². The van der Waals surface area contributed by atoms with Crippen LogP contribution in [0.2, 0.25) is 0 Å². The van der Waals surface area contributed by atoms with Crippen LogP contribution in [0.1, 0.15) is 4.88 Å². The molecule has 0 aliphatic carbocycles. The van der Waals surface area contributed by atoms with Crippen LogP contribution in [-0.2, 0) is 18.3 Å². The highest BCUT2D eigenvalue weighted by Gasteiger charge is 2.18. The molecule has 1 fully saturated rings. The van der Waals surface area contributed by atoms with Crippen LogP contribution in [-0.4, -0.2) is 51.0 Å². The Balaban J connectivity index is 1.66. The van der Waals surface area contributed by atoms with Gasteiger partial charge in [-0.1, -0.05) is 0 Å². The van der Waals surface area contributed by atoms with Gasteiger partial charge in [0.1, 0.15) is 17.8 Å². The van der Waals surface area contributed by atoms with E-state index >= 15 is 0 Å². The third-order valence-corrected chi connectivity index (χ3v) is 5.10. The van der Waals surface area contributed by atoms with Gasteiger partial charge in [-0.25, -0.2) is 14.6 Å².